The summed E-state index contributed by atoms with van der Waals surface area (Å²) >= 11 is 1.46. The fourth-order valence-electron chi connectivity index (χ4n) is 1.28. The highest BCUT2D eigenvalue weighted by Gasteiger charge is 2.14. The molecule has 0 unspecified atom stereocenters. The molecule has 0 fully saturated rings. The first-order valence-corrected chi connectivity index (χ1v) is 5.03. The number of aliphatic hydroxyl groups is 1. The van der Waals surface area contributed by atoms with Crippen molar-refractivity contribution in [1.29, 1.82) is 0 Å². The minimum Gasteiger partial charge on any atom is -0.391 e. The van der Waals surface area contributed by atoms with E-state index < -0.39 is 0 Å². The van der Waals surface area contributed by atoms with Crippen molar-refractivity contribution in [3.05, 3.63) is 22.5 Å². The van der Waals surface area contributed by atoms with Gasteiger partial charge in [-0.05, 0) is 13.8 Å². The summed E-state index contributed by atoms with van der Waals surface area (Å²) in [5.74, 6) is 0.765. The number of aliphatic hydroxyl groups excluding tert-OH is 1. The zero-order valence-electron chi connectivity index (χ0n) is 7.94. The van der Waals surface area contributed by atoms with E-state index in [-0.39, 0.29) is 6.61 Å². The quantitative estimate of drug-likeness (QED) is 0.822. The minimum absolute atomic E-state index is 0.0288. The molecule has 14 heavy (non-hydrogen) atoms. The molecule has 74 valence electrons. The van der Waals surface area contributed by atoms with Gasteiger partial charge in [0.15, 0.2) is 0 Å². The summed E-state index contributed by atoms with van der Waals surface area (Å²) in [7, 11) is 0. The lowest BCUT2D eigenvalue weighted by Crippen LogP contribution is -1.78. The monoisotopic (exact) mass is 210 g/mol. The molecule has 0 aliphatic rings. The van der Waals surface area contributed by atoms with Crippen molar-refractivity contribution in [2.75, 3.05) is 0 Å². The first kappa shape index (κ1) is 9.36. The predicted octanol–water partition coefficient (Wildman–Crippen LogP) is 1.91. The Kier molecular flexibility index (Phi) is 2.35. The van der Waals surface area contributed by atoms with Gasteiger partial charge in [0.2, 0.25) is 0 Å². The Hall–Kier alpha value is -1.20. The maximum absolute atomic E-state index is 8.92. The van der Waals surface area contributed by atoms with Crippen LogP contribution in [0.1, 0.15) is 16.3 Å². The fraction of sp³-hybridized carbons (Fsp3) is 0.333. The highest BCUT2D eigenvalue weighted by molar-refractivity contribution is 7.15. The van der Waals surface area contributed by atoms with E-state index in [1.165, 1.54) is 11.3 Å². The van der Waals surface area contributed by atoms with Crippen molar-refractivity contribution in [1.82, 2.24) is 10.1 Å². The lowest BCUT2D eigenvalue weighted by molar-refractivity contribution is 0.285. The SMILES string of the molecule is Cc1noc(C)c1-c1ncc(CO)s1. The molecule has 2 rings (SSSR count). The third-order valence-electron chi connectivity index (χ3n) is 1.96. The van der Waals surface area contributed by atoms with Gasteiger partial charge in [0, 0.05) is 6.20 Å². The average molecular weight is 210 g/mol. The number of thiazole rings is 1. The molecule has 0 aromatic carbocycles. The van der Waals surface area contributed by atoms with Crippen LogP contribution < -0.4 is 0 Å². The standard InChI is InChI=1S/C9H10N2O2S/c1-5-8(6(2)13-11-5)9-10-3-7(4-12)14-9/h3,12H,4H2,1-2H3. The topological polar surface area (TPSA) is 59.2 Å². The van der Waals surface area contributed by atoms with E-state index in [0.717, 1.165) is 26.9 Å². The fourth-order valence-corrected chi connectivity index (χ4v) is 2.20. The molecule has 0 aliphatic carbocycles. The van der Waals surface area contributed by atoms with Gasteiger partial charge < -0.3 is 9.63 Å². The summed E-state index contributed by atoms with van der Waals surface area (Å²) in [6, 6.07) is 0. The number of aromatic nitrogens is 2. The van der Waals surface area contributed by atoms with Crippen LogP contribution in [-0.4, -0.2) is 15.2 Å². The summed E-state index contributed by atoms with van der Waals surface area (Å²) in [4.78, 5) is 5.06. The van der Waals surface area contributed by atoms with Crippen LogP contribution in [0.4, 0.5) is 0 Å². The van der Waals surface area contributed by atoms with Crippen molar-refractivity contribution in [2.24, 2.45) is 0 Å². The number of nitrogens with zero attached hydrogens (tertiary/aromatic N) is 2. The smallest absolute Gasteiger partial charge is 0.144 e. The second-order valence-corrected chi connectivity index (χ2v) is 4.10. The van der Waals surface area contributed by atoms with Gasteiger partial charge in [-0.25, -0.2) is 4.98 Å². The van der Waals surface area contributed by atoms with Crippen LogP contribution in [0.5, 0.6) is 0 Å². The summed E-state index contributed by atoms with van der Waals surface area (Å²) < 4.78 is 5.05. The minimum atomic E-state index is 0.0288. The zero-order valence-corrected chi connectivity index (χ0v) is 8.76. The molecule has 2 heterocycles. The number of rotatable bonds is 2. The van der Waals surface area contributed by atoms with Gasteiger partial charge in [0.1, 0.15) is 10.8 Å². The molecular formula is C9H10N2O2S. The highest BCUT2D eigenvalue weighted by atomic mass is 32.1. The van der Waals surface area contributed by atoms with Crippen LogP contribution in [0.3, 0.4) is 0 Å². The maximum atomic E-state index is 8.92. The van der Waals surface area contributed by atoms with Crippen LogP contribution >= 0.6 is 11.3 Å². The molecule has 2 aromatic heterocycles. The lowest BCUT2D eigenvalue weighted by Gasteiger charge is -1.91. The summed E-state index contributed by atoms with van der Waals surface area (Å²) in [6.45, 7) is 3.77. The van der Waals surface area contributed by atoms with Crippen LogP contribution in [0.2, 0.25) is 0 Å². The van der Waals surface area contributed by atoms with Crippen molar-refractivity contribution in [2.45, 2.75) is 20.5 Å². The Morgan fingerprint density at radius 1 is 1.50 bits per heavy atom. The number of hydrogen-bond acceptors (Lipinski definition) is 5. The van der Waals surface area contributed by atoms with Crippen molar-refractivity contribution >= 4 is 11.3 Å². The van der Waals surface area contributed by atoms with E-state index in [0.29, 0.717) is 0 Å². The van der Waals surface area contributed by atoms with Gasteiger partial charge in [0.25, 0.3) is 0 Å². The second kappa shape index (κ2) is 3.51. The van der Waals surface area contributed by atoms with Crippen molar-refractivity contribution < 1.29 is 9.63 Å². The Balaban J connectivity index is 2.48. The van der Waals surface area contributed by atoms with Crippen molar-refractivity contribution in [3.63, 3.8) is 0 Å². The summed E-state index contributed by atoms with van der Waals surface area (Å²) in [5.41, 5.74) is 1.77. The molecular weight excluding hydrogens is 200 g/mol. The molecule has 0 spiro atoms. The van der Waals surface area contributed by atoms with Crippen LogP contribution in [0.15, 0.2) is 10.7 Å². The van der Waals surface area contributed by atoms with Gasteiger partial charge in [-0.2, -0.15) is 0 Å². The average Bonchev–Trinajstić information content (AvgIpc) is 2.73. The summed E-state index contributed by atoms with van der Waals surface area (Å²) in [5, 5.41) is 13.6. The molecule has 0 bridgehead atoms. The van der Waals surface area contributed by atoms with Gasteiger partial charge in [-0.15, -0.1) is 11.3 Å². The highest BCUT2D eigenvalue weighted by Crippen LogP contribution is 2.30. The molecule has 0 aliphatic heterocycles. The third-order valence-corrected chi connectivity index (χ3v) is 2.96. The van der Waals surface area contributed by atoms with E-state index in [1.54, 1.807) is 6.20 Å². The van der Waals surface area contributed by atoms with E-state index in [2.05, 4.69) is 10.1 Å². The van der Waals surface area contributed by atoms with Gasteiger partial charge in [-0.3, -0.25) is 0 Å². The predicted molar refractivity (Wildman–Crippen MR) is 53.0 cm³/mol. The third kappa shape index (κ3) is 1.44. The second-order valence-electron chi connectivity index (χ2n) is 2.99. The molecule has 0 amide bonds. The van der Waals surface area contributed by atoms with Gasteiger partial charge in [0.05, 0.1) is 22.7 Å². The van der Waals surface area contributed by atoms with Crippen LogP contribution in [-0.2, 0) is 6.61 Å². The largest absolute Gasteiger partial charge is 0.391 e. The number of hydrogen-bond donors (Lipinski definition) is 1. The van der Waals surface area contributed by atoms with Crippen LogP contribution in [0.25, 0.3) is 10.6 Å². The normalized spacial score (nSPS) is 10.8. The van der Waals surface area contributed by atoms with E-state index in [9.17, 15) is 0 Å². The Morgan fingerprint density at radius 2 is 2.29 bits per heavy atom. The zero-order chi connectivity index (χ0) is 10.1. The molecule has 1 N–H and O–H groups in total. The van der Waals surface area contributed by atoms with Crippen molar-refractivity contribution in [3.8, 4) is 10.6 Å². The van der Waals surface area contributed by atoms with Crippen LogP contribution in [0, 0.1) is 13.8 Å². The molecule has 5 heteroatoms. The summed E-state index contributed by atoms with van der Waals surface area (Å²) in [6.07, 6.45) is 1.67. The molecule has 0 atom stereocenters. The van der Waals surface area contributed by atoms with Gasteiger partial charge in [-0.1, -0.05) is 5.16 Å². The first-order valence-electron chi connectivity index (χ1n) is 4.21. The molecule has 2 aromatic rings. The molecule has 4 nitrogen and oxygen atoms in total. The van der Waals surface area contributed by atoms with E-state index in [1.807, 2.05) is 13.8 Å². The molecule has 0 saturated heterocycles. The Labute approximate surface area is 85.2 Å². The molecule has 0 radical (unpaired) electrons. The number of aryl methyl sites for hydroxylation is 2. The first-order chi connectivity index (χ1) is 6.72. The van der Waals surface area contributed by atoms with E-state index in [4.69, 9.17) is 9.63 Å². The lowest BCUT2D eigenvalue weighted by atomic mass is 10.2. The Morgan fingerprint density at radius 3 is 2.79 bits per heavy atom. The Bertz CT molecular complexity index is 428. The van der Waals surface area contributed by atoms with E-state index >= 15 is 0 Å². The maximum Gasteiger partial charge on any atom is 0.144 e. The van der Waals surface area contributed by atoms with Gasteiger partial charge >= 0.3 is 0 Å². The molecule has 0 saturated carbocycles.